The molecular weight excluding hydrogens is 362 g/mol. The van der Waals surface area contributed by atoms with Crippen LogP contribution in [-0.4, -0.2) is 60.0 Å². The van der Waals surface area contributed by atoms with E-state index in [0.717, 1.165) is 12.8 Å². The van der Waals surface area contributed by atoms with Gasteiger partial charge < -0.3 is 29.7 Å². The Hall–Kier alpha value is -1.15. The summed E-state index contributed by atoms with van der Waals surface area (Å²) in [5.41, 5.74) is 0. The molecule has 5 atom stereocenters. The van der Waals surface area contributed by atoms with Crippen LogP contribution in [0, 0.1) is 0 Å². The fourth-order valence-corrected chi connectivity index (χ4v) is 3.38. The first-order valence-corrected chi connectivity index (χ1v) is 10.6. The molecule has 0 aromatic rings. The molecule has 1 aliphatic rings. The van der Waals surface area contributed by atoms with E-state index >= 15 is 0 Å². The van der Waals surface area contributed by atoms with E-state index in [-0.39, 0.29) is 12.5 Å². The van der Waals surface area contributed by atoms with Gasteiger partial charge in [0.2, 0.25) is 12.2 Å². The highest BCUT2D eigenvalue weighted by Crippen LogP contribution is 2.25. The predicted octanol–water partition coefficient (Wildman–Crippen LogP) is 2.65. The van der Waals surface area contributed by atoms with Crippen molar-refractivity contribution < 1.29 is 29.2 Å². The third kappa shape index (κ3) is 8.90. The molecule has 0 radical (unpaired) electrons. The second-order valence-electron chi connectivity index (χ2n) is 7.36. The summed E-state index contributed by atoms with van der Waals surface area (Å²) in [6.45, 7) is 5.52. The number of amides is 1. The lowest BCUT2D eigenvalue weighted by atomic mass is 9.96. The topological polar surface area (TPSA) is 97.2 Å². The first-order valence-electron chi connectivity index (χ1n) is 10.6. The molecule has 28 heavy (non-hydrogen) atoms. The number of hydrogen-bond donors (Lipinski definition) is 3. The molecule has 7 nitrogen and oxygen atoms in total. The van der Waals surface area contributed by atoms with Crippen LogP contribution in [0.4, 0.5) is 0 Å². The van der Waals surface area contributed by atoms with Gasteiger partial charge in [-0.2, -0.15) is 0 Å². The van der Waals surface area contributed by atoms with Crippen LogP contribution in [0.2, 0.25) is 0 Å². The van der Waals surface area contributed by atoms with Gasteiger partial charge in [0.15, 0.2) is 0 Å². The Labute approximate surface area is 169 Å². The molecule has 1 fully saturated rings. The van der Waals surface area contributed by atoms with Crippen LogP contribution in [0.3, 0.4) is 0 Å². The Balaban J connectivity index is 2.55. The summed E-state index contributed by atoms with van der Waals surface area (Å²) >= 11 is 0. The van der Waals surface area contributed by atoms with Crippen molar-refractivity contribution in [2.45, 2.75) is 103 Å². The molecule has 164 valence electrons. The SMILES string of the molecule is C/C=C\O[C@H]1O[C@H](CO)[C@@H](O)[C@H](OCCCCCCCCCC)[C@H]1NC(C)=O. The molecular formula is C21H39NO6. The first-order chi connectivity index (χ1) is 13.5. The number of carbonyl (C=O) groups is 1. The number of nitrogens with one attached hydrogen (secondary N) is 1. The molecule has 0 aromatic heterocycles. The van der Waals surface area contributed by atoms with Crippen molar-refractivity contribution in [2.75, 3.05) is 13.2 Å². The van der Waals surface area contributed by atoms with Gasteiger partial charge in [-0.1, -0.05) is 57.9 Å². The lowest BCUT2D eigenvalue weighted by Gasteiger charge is -2.43. The van der Waals surface area contributed by atoms with Crippen LogP contribution < -0.4 is 5.32 Å². The summed E-state index contributed by atoms with van der Waals surface area (Å²) in [6, 6.07) is -0.666. The average Bonchev–Trinajstić information content (AvgIpc) is 2.67. The maximum atomic E-state index is 11.6. The van der Waals surface area contributed by atoms with Crippen molar-refractivity contribution in [3.8, 4) is 0 Å². The molecule has 1 saturated heterocycles. The van der Waals surface area contributed by atoms with Gasteiger partial charge in [0.25, 0.3) is 0 Å². The summed E-state index contributed by atoms with van der Waals surface area (Å²) in [4.78, 5) is 11.6. The quantitative estimate of drug-likeness (QED) is 0.306. The number of ether oxygens (including phenoxy) is 3. The normalized spacial score (nSPS) is 27.8. The zero-order chi connectivity index (χ0) is 20.8. The van der Waals surface area contributed by atoms with Gasteiger partial charge >= 0.3 is 0 Å². The second-order valence-corrected chi connectivity index (χ2v) is 7.36. The highest BCUT2D eigenvalue weighted by atomic mass is 16.7. The standard InChI is InChI=1S/C21H39NO6/c1-4-6-7-8-9-10-11-12-14-26-20-18(22-16(3)24)21(27-13-5-2)28-17(15-23)19(20)25/h5,13,17-21,23,25H,4,6-12,14-15H2,1-3H3,(H,22,24)/b13-5-/t17-,18-,19-,20-,21+/m1/s1. The smallest absolute Gasteiger partial charge is 0.222 e. The van der Waals surface area contributed by atoms with Crippen molar-refractivity contribution >= 4 is 5.91 Å². The molecule has 0 saturated carbocycles. The molecule has 7 heteroatoms. The molecule has 0 aliphatic carbocycles. The van der Waals surface area contributed by atoms with Gasteiger partial charge in [-0.25, -0.2) is 0 Å². The Morgan fingerprint density at radius 1 is 1.14 bits per heavy atom. The van der Waals surface area contributed by atoms with Crippen molar-refractivity contribution in [1.29, 1.82) is 0 Å². The van der Waals surface area contributed by atoms with Gasteiger partial charge in [0.05, 0.1) is 12.9 Å². The molecule has 0 spiro atoms. The predicted molar refractivity (Wildman–Crippen MR) is 108 cm³/mol. The van der Waals surface area contributed by atoms with E-state index in [0.29, 0.717) is 6.61 Å². The number of aliphatic hydroxyl groups is 2. The number of carbonyl (C=O) groups excluding carboxylic acids is 1. The number of aliphatic hydroxyl groups excluding tert-OH is 2. The van der Waals surface area contributed by atoms with E-state index in [9.17, 15) is 15.0 Å². The molecule has 1 aliphatic heterocycles. The van der Waals surface area contributed by atoms with Crippen LogP contribution in [0.25, 0.3) is 0 Å². The molecule has 3 N–H and O–H groups in total. The van der Waals surface area contributed by atoms with E-state index in [4.69, 9.17) is 14.2 Å². The molecule has 0 unspecified atom stereocenters. The van der Waals surface area contributed by atoms with Crippen LogP contribution in [0.1, 0.15) is 72.1 Å². The highest BCUT2D eigenvalue weighted by Gasteiger charge is 2.47. The van der Waals surface area contributed by atoms with Crippen LogP contribution in [0.5, 0.6) is 0 Å². The summed E-state index contributed by atoms with van der Waals surface area (Å²) in [5.74, 6) is -0.266. The van der Waals surface area contributed by atoms with Crippen molar-refractivity contribution in [3.63, 3.8) is 0 Å². The molecule has 1 rings (SSSR count). The van der Waals surface area contributed by atoms with Crippen molar-refractivity contribution in [3.05, 3.63) is 12.3 Å². The van der Waals surface area contributed by atoms with Gasteiger partial charge in [-0.3, -0.25) is 4.79 Å². The average molecular weight is 402 g/mol. The Morgan fingerprint density at radius 2 is 1.79 bits per heavy atom. The largest absolute Gasteiger partial charge is 0.471 e. The monoisotopic (exact) mass is 401 g/mol. The van der Waals surface area contributed by atoms with Gasteiger partial charge in [-0.15, -0.1) is 0 Å². The second kappa shape index (κ2) is 14.8. The number of allylic oxidation sites excluding steroid dienone is 1. The molecule has 1 heterocycles. The van der Waals surface area contributed by atoms with E-state index < -0.39 is 30.6 Å². The zero-order valence-electron chi connectivity index (χ0n) is 17.6. The Morgan fingerprint density at radius 3 is 2.36 bits per heavy atom. The van der Waals surface area contributed by atoms with Gasteiger partial charge in [0.1, 0.15) is 24.4 Å². The summed E-state index contributed by atoms with van der Waals surface area (Å²) in [7, 11) is 0. The molecule has 0 bridgehead atoms. The van der Waals surface area contributed by atoms with E-state index in [1.807, 2.05) is 0 Å². The van der Waals surface area contributed by atoms with Gasteiger partial charge in [-0.05, 0) is 13.3 Å². The van der Waals surface area contributed by atoms with E-state index in [1.165, 1.54) is 51.7 Å². The fourth-order valence-electron chi connectivity index (χ4n) is 3.38. The van der Waals surface area contributed by atoms with Crippen LogP contribution >= 0.6 is 0 Å². The Kier molecular flexibility index (Phi) is 13.1. The third-order valence-electron chi connectivity index (χ3n) is 4.88. The summed E-state index contributed by atoms with van der Waals surface area (Å²) in [6.07, 6.45) is 9.21. The fraction of sp³-hybridized carbons (Fsp3) is 0.857. The summed E-state index contributed by atoms with van der Waals surface area (Å²) < 4.78 is 17.1. The third-order valence-corrected chi connectivity index (χ3v) is 4.88. The molecule has 1 amide bonds. The zero-order valence-corrected chi connectivity index (χ0v) is 17.6. The number of rotatable bonds is 14. The van der Waals surface area contributed by atoms with E-state index in [1.54, 1.807) is 13.0 Å². The highest BCUT2D eigenvalue weighted by molar-refractivity contribution is 5.73. The lowest BCUT2D eigenvalue weighted by molar-refractivity contribution is -0.263. The number of unbranched alkanes of at least 4 members (excludes halogenated alkanes) is 7. The van der Waals surface area contributed by atoms with Gasteiger partial charge in [0, 0.05) is 13.5 Å². The van der Waals surface area contributed by atoms with E-state index in [2.05, 4.69) is 12.2 Å². The van der Waals surface area contributed by atoms with Crippen molar-refractivity contribution in [1.82, 2.24) is 5.32 Å². The molecule has 0 aromatic carbocycles. The maximum absolute atomic E-state index is 11.6. The Bertz CT molecular complexity index is 445. The minimum absolute atomic E-state index is 0.266. The lowest BCUT2D eigenvalue weighted by Crippen LogP contribution is -2.65. The minimum atomic E-state index is -1.05. The van der Waals surface area contributed by atoms with Crippen LogP contribution in [0.15, 0.2) is 12.3 Å². The van der Waals surface area contributed by atoms with Crippen LogP contribution in [-0.2, 0) is 19.0 Å². The van der Waals surface area contributed by atoms with Crippen molar-refractivity contribution in [2.24, 2.45) is 0 Å². The first kappa shape index (κ1) is 24.9. The number of hydrogen-bond acceptors (Lipinski definition) is 6. The minimum Gasteiger partial charge on any atom is -0.471 e. The summed E-state index contributed by atoms with van der Waals surface area (Å²) in [5, 5.41) is 22.8. The maximum Gasteiger partial charge on any atom is 0.222 e.